The van der Waals surface area contributed by atoms with Crippen LogP contribution in [-0.4, -0.2) is 10.8 Å². The molecule has 80 valence electrons. The monoisotopic (exact) mass is 279 g/mol. The van der Waals surface area contributed by atoms with Crippen molar-refractivity contribution in [2.24, 2.45) is 0 Å². The molecule has 0 atom stereocenters. The largest absolute Gasteiger partial charge is 0.287 e. The molecule has 2 nitrogen and oxygen atoms in total. The molecule has 0 N–H and O–H groups in total. The fraction of sp³-hybridized carbons (Fsp3) is 0. The predicted octanol–water partition coefficient (Wildman–Crippen LogP) is 3.21. The molecule has 0 aliphatic carbocycles. The molecule has 0 unspecified atom stereocenters. The molecular formula is C12H7BrFNO. The first kappa shape index (κ1) is 11.0. The Morgan fingerprint density at radius 3 is 2.50 bits per heavy atom. The number of benzene rings is 1. The van der Waals surface area contributed by atoms with Crippen molar-refractivity contribution in [3.63, 3.8) is 0 Å². The quantitative estimate of drug-likeness (QED) is 0.790. The number of aromatic nitrogens is 1. The summed E-state index contributed by atoms with van der Waals surface area (Å²) in [4.78, 5) is 15.6. The SMILES string of the molecule is O=C(c1ccc(Br)cc1)c1ncccc1F. The maximum absolute atomic E-state index is 13.3. The highest BCUT2D eigenvalue weighted by Gasteiger charge is 2.14. The Morgan fingerprint density at radius 1 is 1.19 bits per heavy atom. The first-order valence-electron chi connectivity index (χ1n) is 4.59. The van der Waals surface area contributed by atoms with Gasteiger partial charge in [-0.3, -0.25) is 4.79 Å². The second kappa shape index (κ2) is 4.53. The number of carbonyl (C=O) groups is 1. The van der Waals surface area contributed by atoms with E-state index in [0.717, 1.165) is 4.47 Å². The standard InChI is InChI=1S/C12H7BrFNO/c13-9-5-3-8(4-6-9)12(16)11-10(14)2-1-7-15-11/h1-7H. The molecular weight excluding hydrogens is 273 g/mol. The van der Waals surface area contributed by atoms with E-state index in [4.69, 9.17) is 0 Å². The Morgan fingerprint density at radius 2 is 1.88 bits per heavy atom. The average molecular weight is 280 g/mol. The third-order valence-electron chi connectivity index (χ3n) is 2.08. The van der Waals surface area contributed by atoms with Crippen LogP contribution in [0.5, 0.6) is 0 Å². The van der Waals surface area contributed by atoms with E-state index in [2.05, 4.69) is 20.9 Å². The molecule has 0 saturated carbocycles. The van der Waals surface area contributed by atoms with E-state index in [1.54, 1.807) is 24.3 Å². The zero-order chi connectivity index (χ0) is 11.5. The number of halogens is 2. The van der Waals surface area contributed by atoms with Gasteiger partial charge in [-0.05, 0) is 36.4 Å². The summed E-state index contributed by atoms with van der Waals surface area (Å²) in [6.07, 6.45) is 1.40. The molecule has 0 fully saturated rings. The number of hydrogen-bond acceptors (Lipinski definition) is 2. The summed E-state index contributed by atoms with van der Waals surface area (Å²) in [6, 6.07) is 9.38. The molecule has 0 aliphatic heterocycles. The van der Waals surface area contributed by atoms with Gasteiger partial charge < -0.3 is 0 Å². The fourth-order valence-corrected chi connectivity index (χ4v) is 1.56. The van der Waals surface area contributed by atoms with Crippen LogP contribution in [0.1, 0.15) is 16.1 Å². The van der Waals surface area contributed by atoms with Gasteiger partial charge in [-0.15, -0.1) is 0 Å². The summed E-state index contributed by atoms with van der Waals surface area (Å²) in [6.45, 7) is 0. The molecule has 4 heteroatoms. The lowest BCUT2D eigenvalue weighted by Gasteiger charge is -2.01. The first-order chi connectivity index (χ1) is 7.68. The number of hydrogen-bond donors (Lipinski definition) is 0. The highest BCUT2D eigenvalue weighted by molar-refractivity contribution is 9.10. The second-order valence-corrected chi connectivity index (χ2v) is 4.09. The van der Waals surface area contributed by atoms with Crippen LogP contribution in [0.3, 0.4) is 0 Å². The van der Waals surface area contributed by atoms with Gasteiger partial charge in [0.1, 0.15) is 5.69 Å². The van der Waals surface area contributed by atoms with Crippen molar-refractivity contribution in [3.8, 4) is 0 Å². The van der Waals surface area contributed by atoms with E-state index in [1.807, 2.05) is 0 Å². The summed E-state index contributed by atoms with van der Waals surface area (Å²) < 4.78 is 14.2. The number of carbonyl (C=O) groups excluding carboxylic acids is 1. The topological polar surface area (TPSA) is 30.0 Å². The van der Waals surface area contributed by atoms with Crippen molar-refractivity contribution >= 4 is 21.7 Å². The van der Waals surface area contributed by atoms with E-state index in [9.17, 15) is 9.18 Å². The Balaban J connectivity index is 2.40. The van der Waals surface area contributed by atoms with Gasteiger partial charge in [0.2, 0.25) is 5.78 Å². The molecule has 16 heavy (non-hydrogen) atoms. The molecule has 0 spiro atoms. The van der Waals surface area contributed by atoms with Crippen LogP contribution in [0.4, 0.5) is 4.39 Å². The third-order valence-corrected chi connectivity index (χ3v) is 2.61. The molecule has 0 radical (unpaired) electrons. The summed E-state index contributed by atoms with van der Waals surface area (Å²) >= 11 is 3.26. The maximum atomic E-state index is 13.3. The Kier molecular flexibility index (Phi) is 3.10. The van der Waals surface area contributed by atoms with Crippen LogP contribution in [0, 0.1) is 5.82 Å². The van der Waals surface area contributed by atoms with Gasteiger partial charge in [-0.1, -0.05) is 15.9 Å². The Hall–Kier alpha value is -1.55. The molecule has 1 aromatic heterocycles. The lowest BCUT2D eigenvalue weighted by atomic mass is 10.1. The van der Waals surface area contributed by atoms with Gasteiger partial charge in [0.15, 0.2) is 5.82 Å². The first-order valence-corrected chi connectivity index (χ1v) is 5.38. The highest BCUT2D eigenvalue weighted by atomic mass is 79.9. The maximum Gasteiger partial charge on any atom is 0.214 e. The van der Waals surface area contributed by atoms with Crippen molar-refractivity contribution in [2.45, 2.75) is 0 Å². The number of rotatable bonds is 2. The van der Waals surface area contributed by atoms with Crippen LogP contribution in [0.2, 0.25) is 0 Å². The smallest absolute Gasteiger partial charge is 0.214 e. The lowest BCUT2D eigenvalue weighted by molar-refractivity contribution is 0.103. The molecule has 0 aliphatic rings. The van der Waals surface area contributed by atoms with Gasteiger partial charge in [0.25, 0.3) is 0 Å². The number of ketones is 1. The van der Waals surface area contributed by atoms with Gasteiger partial charge in [-0.2, -0.15) is 0 Å². The van der Waals surface area contributed by atoms with E-state index in [1.165, 1.54) is 18.3 Å². The van der Waals surface area contributed by atoms with Gasteiger partial charge >= 0.3 is 0 Å². The molecule has 1 heterocycles. The minimum Gasteiger partial charge on any atom is -0.287 e. The zero-order valence-corrected chi connectivity index (χ0v) is 9.74. The van der Waals surface area contributed by atoms with E-state index in [0.29, 0.717) is 5.56 Å². The van der Waals surface area contributed by atoms with Crippen molar-refractivity contribution in [1.82, 2.24) is 4.98 Å². The van der Waals surface area contributed by atoms with Crippen LogP contribution >= 0.6 is 15.9 Å². The van der Waals surface area contributed by atoms with E-state index < -0.39 is 11.6 Å². The van der Waals surface area contributed by atoms with E-state index >= 15 is 0 Å². The van der Waals surface area contributed by atoms with Gasteiger partial charge in [0, 0.05) is 16.2 Å². The van der Waals surface area contributed by atoms with Crippen LogP contribution in [-0.2, 0) is 0 Å². The number of nitrogens with zero attached hydrogens (tertiary/aromatic N) is 1. The fourth-order valence-electron chi connectivity index (χ4n) is 1.29. The second-order valence-electron chi connectivity index (χ2n) is 3.17. The molecule has 2 aromatic rings. The van der Waals surface area contributed by atoms with Gasteiger partial charge in [0.05, 0.1) is 0 Å². The summed E-state index contributed by atoms with van der Waals surface area (Å²) in [5.74, 6) is -1.01. The minimum absolute atomic E-state index is 0.148. The third kappa shape index (κ3) is 2.17. The highest BCUT2D eigenvalue weighted by Crippen LogP contribution is 2.14. The number of pyridine rings is 1. The minimum atomic E-state index is -0.601. The molecule has 0 saturated heterocycles. The van der Waals surface area contributed by atoms with Crippen molar-refractivity contribution < 1.29 is 9.18 Å². The summed E-state index contributed by atoms with van der Waals surface area (Å²) in [5.41, 5.74) is 0.269. The van der Waals surface area contributed by atoms with E-state index in [-0.39, 0.29) is 5.69 Å². The molecule has 1 aromatic carbocycles. The lowest BCUT2D eigenvalue weighted by Crippen LogP contribution is -2.06. The molecule has 2 rings (SSSR count). The van der Waals surface area contributed by atoms with Crippen LogP contribution in [0.15, 0.2) is 47.1 Å². The van der Waals surface area contributed by atoms with Crippen molar-refractivity contribution in [2.75, 3.05) is 0 Å². The van der Waals surface area contributed by atoms with Crippen molar-refractivity contribution in [1.29, 1.82) is 0 Å². The molecule has 0 amide bonds. The van der Waals surface area contributed by atoms with Crippen LogP contribution in [0.25, 0.3) is 0 Å². The predicted molar refractivity (Wildman–Crippen MR) is 61.8 cm³/mol. The molecule has 0 bridgehead atoms. The average Bonchev–Trinajstić information content (AvgIpc) is 2.30. The van der Waals surface area contributed by atoms with Gasteiger partial charge in [-0.25, -0.2) is 9.37 Å². The Bertz CT molecular complexity index is 525. The summed E-state index contributed by atoms with van der Waals surface area (Å²) in [7, 11) is 0. The summed E-state index contributed by atoms with van der Waals surface area (Å²) in [5, 5.41) is 0. The normalized spacial score (nSPS) is 10.1. The van der Waals surface area contributed by atoms with Crippen LogP contribution < -0.4 is 0 Å². The Labute approximate surface area is 100 Å². The zero-order valence-electron chi connectivity index (χ0n) is 8.15. The van der Waals surface area contributed by atoms with Crippen molar-refractivity contribution in [3.05, 3.63) is 64.1 Å².